The molecule has 0 spiro atoms. The average molecular weight is 194 g/mol. The predicted molar refractivity (Wildman–Crippen MR) is 45.9 cm³/mol. The largest absolute Gasteiger partial charge is 0.330 e. The lowest BCUT2D eigenvalue weighted by molar-refractivity contribution is 0.651. The zero-order valence-corrected chi connectivity index (χ0v) is 7.44. The minimum atomic E-state index is 0.351. The molecule has 0 bridgehead atoms. The van der Waals surface area contributed by atoms with E-state index in [4.69, 9.17) is 28.9 Å². The number of aromatic nitrogens is 2. The molecule has 2 N–H and O–H groups in total. The first-order valence-electron chi connectivity index (χ1n) is 3.32. The fourth-order valence-corrected chi connectivity index (χ4v) is 1.09. The molecular formula is C6H9Cl2N3. The van der Waals surface area contributed by atoms with Crippen molar-refractivity contribution in [1.82, 2.24) is 9.55 Å². The molecule has 0 atom stereocenters. The summed E-state index contributed by atoms with van der Waals surface area (Å²) in [5.74, 6) is 0. The van der Waals surface area contributed by atoms with Gasteiger partial charge in [-0.1, -0.05) is 23.2 Å². The maximum absolute atomic E-state index is 5.77. The van der Waals surface area contributed by atoms with E-state index in [1.54, 1.807) is 10.9 Å². The first-order chi connectivity index (χ1) is 5.25. The van der Waals surface area contributed by atoms with Crippen LogP contribution in [0.2, 0.25) is 10.3 Å². The molecule has 11 heavy (non-hydrogen) atoms. The van der Waals surface area contributed by atoms with Gasteiger partial charge in [-0.05, 0) is 13.0 Å². The molecule has 62 valence electrons. The molecule has 1 heterocycles. The number of halogens is 2. The molecule has 0 aliphatic carbocycles. The van der Waals surface area contributed by atoms with E-state index in [0.29, 0.717) is 16.9 Å². The van der Waals surface area contributed by atoms with Crippen LogP contribution in [0.3, 0.4) is 0 Å². The third-order valence-electron chi connectivity index (χ3n) is 1.34. The Morgan fingerprint density at radius 3 is 2.73 bits per heavy atom. The van der Waals surface area contributed by atoms with Gasteiger partial charge in [0.2, 0.25) is 0 Å². The second-order valence-corrected chi connectivity index (χ2v) is 2.88. The van der Waals surface area contributed by atoms with Gasteiger partial charge in [0.05, 0.1) is 6.33 Å². The van der Waals surface area contributed by atoms with Crippen molar-refractivity contribution >= 4 is 23.2 Å². The smallest absolute Gasteiger partial charge is 0.166 e. The summed E-state index contributed by atoms with van der Waals surface area (Å²) in [5.41, 5.74) is 5.32. The molecule has 1 rings (SSSR count). The van der Waals surface area contributed by atoms with E-state index in [0.717, 1.165) is 13.0 Å². The van der Waals surface area contributed by atoms with Crippen LogP contribution < -0.4 is 5.73 Å². The highest BCUT2D eigenvalue weighted by Crippen LogP contribution is 2.19. The maximum Gasteiger partial charge on any atom is 0.166 e. The Balaban J connectivity index is 2.63. The Kier molecular flexibility index (Phi) is 3.17. The molecule has 0 amide bonds. The standard InChI is InChI=1S/C6H9Cl2N3/c7-5-6(8)11(4-10-5)3-1-2-9/h4H,1-3,9H2. The van der Waals surface area contributed by atoms with Gasteiger partial charge in [0.25, 0.3) is 0 Å². The van der Waals surface area contributed by atoms with Gasteiger partial charge in [-0.3, -0.25) is 0 Å². The number of aryl methyl sites for hydroxylation is 1. The number of hydrogen-bond donors (Lipinski definition) is 1. The van der Waals surface area contributed by atoms with E-state index in [-0.39, 0.29) is 0 Å². The molecule has 0 aliphatic rings. The minimum absolute atomic E-state index is 0.351. The Labute approximate surface area is 75.1 Å². The van der Waals surface area contributed by atoms with Crippen molar-refractivity contribution in [3.05, 3.63) is 16.6 Å². The van der Waals surface area contributed by atoms with E-state index in [1.807, 2.05) is 0 Å². The van der Waals surface area contributed by atoms with Crippen LogP contribution >= 0.6 is 23.2 Å². The second kappa shape index (κ2) is 3.95. The van der Waals surface area contributed by atoms with Crippen LogP contribution in [0.15, 0.2) is 6.33 Å². The van der Waals surface area contributed by atoms with Crippen LogP contribution in [-0.4, -0.2) is 16.1 Å². The van der Waals surface area contributed by atoms with Gasteiger partial charge in [-0.15, -0.1) is 0 Å². The van der Waals surface area contributed by atoms with Crippen LogP contribution in [0, 0.1) is 0 Å². The van der Waals surface area contributed by atoms with Crippen molar-refractivity contribution < 1.29 is 0 Å². The van der Waals surface area contributed by atoms with E-state index in [9.17, 15) is 0 Å². The highest BCUT2D eigenvalue weighted by Gasteiger charge is 2.03. The SMILES string of the molecule is NCCCn1cnc(Cl)c1Cl. The molecule has 0 radical (unpaired) electrons. The van der Waals surface area contributed by atoms with Gasteiger partial charge in [-0.2, -0.15) is 0 Å². The molecule has 1 aromatic heterocycles. The lowest BCUT2D eigenvalue weighted by Crippen LogP contribution is -2.04. The molecule has 0 fully saturated rings. The zero-order chi connectivity index (χ0) is 8.27. The molecule has 0 saturated heterocycles. The summed E-state index contributed by atoms with van der Waals surface area (Å²) in [6.07, 6.45) is 2.49. The van der Waals surface area contributed by atoms with Gasteiger partial charge < -0.3 is 10.3 Å². The topological polar surface area (TPSA) is 43.8 Å². The molecule has 1 aromatic rings. The third kappa shape index (κ3) is 2.09. The van der Waals surface area contributed by atoms with Crippen molar-refractivity contribution in [2.75, 3.05) is 6.54 Å². The first kappa shape index (κ1) is 8.84. The number of imidazole rings is 1. The fourth-order valence-electron chi connectivity index (χ4n) is 0.760. The number of nitrogens with two attached hydrogens (primary N) is 1. The van der Waals surface area contributed by atoms with Gasteiger partial charge in [0.1, 0.15) is 5.15 Å². The molecule has 0 aromatic carbocycles. The van der Waals surface area contributed by atoms with Crippen LogP contribution in [0.25, 0.3) is 0 Å². The first-order valence-corrected chi connectivity index (χ1v) is 4.07. The summed E-state index contributed by atoms with van der Waals surface area (Å²) in [6.45, 7) is 1.42. The molecule has 0 saturated carbocycles. The summed E-state index contributed by atoms with van der Waals surface area (Å²) >= 11 is 11.4. The number of rotatable bonds is 3. The van der Waals surface area contributed by atoms with Crippen molar-refractivity contribution in [1.29, 1.82) is 0 Å². The van der Waals surface area contributed by atoms with Gasteiger partial charge >= 0.3 is 0 Å². The Morgan fingerprint density at radius 1 is 1.55 bits per heavy atom. The summed E-state index contributed by atoms with van der Waals surface area (Å²) in [4.78, 5) is 3.82. The van der Waals surface area contributed by atoms with E-state index in [1.165, 1.54) is 0 Å². The normalized spacial score (nSPS) is 10.5. The van der Waals surface area contributed by atoms with Gasteiger partial charge in [0.15, 0.2) is 5.15 Å². The molecular weight excluding hydrogens is 185 g/mol. The lowest BCUT2D eigenvalue weighted by Gasteiger charge is -2.00. The average Bonchev–Trinajstić information content (AvgIpc) is 2.31. The Bertz CT molecular complexity index is 234. The predicted octanol–water partition coefficient (Wildman–Crippen LogP) is 1.54. The van der Waals surface area contributed by atoms with Crippen LogP contribution in [-0.2, 0) is 6.54 Å². The Hall–Kier alpha value is -0.250. The van der Waals surface area contributed by atoms with Crippen LogP contribution in [0.4, 0.5) is 0 Å². The number of hydrogen-bond acceptors (Lipinski definition) is 2. The molecule has 0 unspecified atom stereocenters. The van der Waals surface area contributed by atoms with Gasteiger partial charge in [0, 0.05) is 6.54 Å². The maximum atomic E-state index is 5.77. The van der Waals surface area contributed by atoms with E-state index in [2.05, 4.69) is 4.98 Å². The second-order valence-electron chi connectivity index (χ2n) is 2.16. The monoisotopic (exact) mass is 193 g/mol. The van der Waals surface area contributed by atoms with Crippen molar-refractivity contribution in [3.63, 3.8) is 0 Å². The fraction of sp³-hybridized carbons (Fsp3) is 0.500. The van der Waals surface area contributed by atoms with E-state index < -0.39 is 0 Å². The zero-order valence-electron chi connectivity index (χ0n) is 5.93. The van der Waals surface area contributed by atoms with Crippen molar-refractivity contribution in [2.24, 2.45) is 5.73 Å². The highest BCUT2D eigenvalue weighted by atomic mass is 35.5. The summed E-state index contributed by atoms with van der Waals surface area (Å²) in [6, 6.07) is 0. The third-order valence-corrected chi connectivity index (χ3v) is 2.11. The Morgan fingerprint density at radius 2 is 2.27 bits per heavy atom. The summed E-state index contributed by atoms with van der Waals surface area (Å²) < 4.78 is 1.77. The van der Waals surface area contributed by atoms with Crippen molar-refractivity contribution in [3.8, 4) is 0 Å². The molecule has 5 heteroatoms. The van der Waals surface area contributed by atoms with Crippen LogP contribution in [0.1, 0.15) is 6.42 Å². The van der Waals surface area contributed by atoms with Crippen molar-refractivity contribution in [2.45, 2.75) is 13.0 Å². The molecule has 3 nitrogen and oxygen atoms in total. The van der Waals surface area contributed by atoms with E-state index >= 15 is 0 Å². The lowest BCUT2D eigenvalue weighted by atomic mass is 10.4. The minimum Gasteiger partial charge on any atom is -0.330 e. The van der Waals surface area contributed by atoms with Gasteiger partial charge in [-0.25, -0.2) is 4.98 Å². The van der Waals surface area contributed by atoms with Crippen LogP contribution in [0.5, 0.6) is 0 Å². The quantitative estimate of drug-likeness (QED) is 0.792. The summed E-state index contributed by atoms with van der Waals surface area (Å²) in [5, 5.41) is 0.837. The highest BCUT2D eigenvalue weighted by molar-refractivity contribution is 6.40. The molecule has 0 aliphatic heterocycles. The number of nitrogens with zero attached hydrogens (tertiary/aromatic N) is 2. The summed E-state index contributed by atoms with van der Waals surface area (Å²) in [7, 11) is 0.